The second kappa shape index (κ2) is 10.7. The number of anilines is 1. The highest BCUT2D eigenvalue weighted by molar-refractivity contribution is 6.36. The number of unbranched alkanes of at least 4 members (excludes halogenated alkanes) is 1. The van der Waals surface area contributed by atoms with Gasteiger partial charge in [-0.05, 0) is 42.7 Å². The van der Waals surface area contributed by atoms with Crippen LogP contribution in [-0.2, 0) is 14.3 Å². The van der Waals surface area contributed by atoms with E-state index in [2.05, 4.69) is 6.92 Å². The summed E-state index contributed by atoms with van der Waals surface area (Å²) in [6, 6.07) is 15.0. The number of benzene rings is 2. The van der Waals surface area contributed by atoms with Gasteiger partial charge in [-0.15, -0.1) is 0 Å². The molecule has 0 fully saturated rings. The van der Waals surface area contributed by atoms with Gasteiger partial charge in [0.2, 0.25) is 0 Å². The molecule has 2 amide bonds. The van der Waals surface area contributed by atoms with Gasteiger partial charge in [-0.1, -0.05) is 31.5 Å². The smallest absolute Gasteiger partial charge is 0.278 e. The standard InChI is InChI=1S/C24H27N3O5/c1-3-4-16-32-17-8-15-26-23(28)21(18-11-13-20(14-12-18)27(30)31)22(24(26)29)25(2)19-9-6-5-7-10-19/h5-7,9-14H,3-4,8,15-17H2,1-2H3. The number of non-ortho nitro benzene ring substituents is 1. The number of imide groups is 1. The van der Waals surface area contributed by atoms with Gasteiger partial charge in [0.05, 0.1) is 10.5 Å². The number of nitro benzene ring substituents is 1. The molecule has 0 spiro atoms. The van der Waals surface area contributed by atoms with Crippen molar-refractivity contribution in [3.8, 4) is 0 Å². The van der Waals surface area contributed by atoms with E-state index in [0.717, 1.165) is 18.5 Å². The molecular weight excluding hydrogens is 410 g/mol. The topological polar surface area (TPSA) is 93.0 Å². The molecule has 0 saturated carbocycles. The molecule has 168 valence electrons. The van der Waals surface area contributed by atoms with Gasteiger partial charge in [-0.3, -0.25) is 24.6 Å². The molecule has 8 heteroatoms. The zero-order chi connectivity index (χ0) is 23.1. The van der Waals surface area contributed by atoms with Crippen molar-refractivity contribution >= 4 is 28.8 Å². The maximum Gasteiger partial charge on any atom is 0.278 e. The fraction of sp³-hybridized carbons (Fsp3) is 0.333. The van der Waals surface area contributed by atoms with Crippen LogP contribution in [0, 0.1) is 10.1 Å². The third-order valence-corrected chi connectivity index (χ3v) is 5.30. The SMILES string of the molecule is CCCCOCCCN1C(=O)C(c2ccc([N+](=O)[O-])cc2)=C(N(C)c2ccccc2)C1=O. The van der Waals surface area contributed by atoms with Crippen molar-refractivity contribution in [1.82, 2.24) is 4.90 Å². The zero-order valence-electron chi connectivity index (χ0n) is 18.3. The Bertz CT molecular complexity index is 1000. The van der Waals surface area contributed by atoms with Crippen molar-refractivity contribution in [1.29, 1.82) is 0 Å². The summed E-state index contributed by atoms with van der Waals surface area (Å²) < 4.78 is 5.56. The number of ether oxygens (including phenoxy) is 1. The van der Waals surface area contributed by atoms with Gasteiger partial charge in [0, 0.05) is 44.6 Å². The van der Waals surface area contributed by atoms with Crippen molar-refractivity contribution in [2.75, 3.05) is 31.7 Å². The fourth-order valence-electron chi connectivity index (χ4n) is 3.54. The number of likely N-dealkylation sites (N-methyl/N-ethyl adjacent to an activating group) is 1. The summed E-state index contributed by atoms with van der Waals surface area (Å²) in [6.07, 6.45) is 2.55. The molecule has 0 aliphatic carbocycles. The van der Waals surface area contributed by atoms with E-state index in [-0.39, 0.29) is 29.4 Å². The molecule has 2 aromatic carbocycles. The Morgan fingerprint density at radius 3 is 2.25 bits per heavy atom. The van der Waals surface area contributed by atoms with Crippen molar-refractivity contribution in [2.45, 2.75) is 26.2 Å². The van der Waals surface area contributed by atoms with Gasteiger partial charge < -0.3 is 9.64 Å². The lowest BCUT2D eigenvalue weighted by atomic mass is 10.0. The van der Waals surface area contributed by atoms with Gasteiger partial charge >= 0.3 is 0 Å². The summed E-state index contributed by atoms with van der Waals surface area (Å²) in [7, 11) is 1.73. The maximum absolute atomic E-state index is 13.3. The van der Waals surface area contributed by atoms with Crippen molar-refractivity contribution in [3.63, 3.8) is 0 Å². The lowest BCUT2D eigenvalue weighted by Crippen LogP contribution is -2.35. The lowest BCUT2D eigenvalue weighted by molar-refractivity contribution is -0.384. The van der Waals surface area contributed by atoms with E-state index < -0.39 is 10.8 Å². The molecule has 1 aliphatic rings. The van der Waals surface area contributed by atoms with Crippen LogP contribution in [0.3, 0.4) is 0 Å². The van der Waals surface area contributed by atoms with E-state index in [1.165, 1.54) is 29.2 Å². The normalized spacial score (nSPS) is 13.8. The number of nitrogens with zero attached hydrogens (tertiary/aromatic N) is 3. The number of amides is 2. The Morgan fingerprint density at radius 2 is 1.62 bits per heavy atom. The van der Waals surface area contributed by atoms with Crippen LogP contribution < -0.4 is 4.90 Å². The summed E-state index contributed by atoms with van der Waals surface area (Å²) in [4.78, 5) is 40.0. The molecule has 0 unspecified atom stereocenters. The second-order valence-electron chi connectivity index (χ2n) is 7.50. The highest BCUT2D eigenvalue weighted by Gasteiger charge is 2.40. The van der Waals surface area contributed by atoms with Gasteiger partial charge in [0.1, 0.15) is 5.70 Å². The minimum Gasteiger partial charge on any atom is -0.381 e. The molecule has 2 aromatic rings. The van der Waals surface area contributed by atoms with Crippen LogP contribution in [0.25, 0.3) is 5.57 Å². The van der Waals surface area contributed by atoms with Crippen molar-refractivity contribution in [2.24, 2.45) is 0 Å². The third kappa shape index (κ3) is 5.03. The molecule has 0 N–H and O–H groups in total. The number of rotatable bonds is 11. The number of hydrogen-bond acceptors (Lipinski definition) is 6. The Labute approximate surface area is 187 Å². The third-order valence-electron chi connectivity index (χ3n) is 5.30. The van der Waals surface area contributed by atoms with Crippen molar-refractivity contribution < 1.29 is 19.2 Å². The largest absolute Gasteiger partial charge is 0.381 e. The van der Waals surface area contributed by atoms with Gasteiger partial charge in [0.25, 0.3) is 17.5 Å². The Morgan fingerprint density at radius 1 is 0.969 bits per heavy atom. The lowest BCUT2D eigenvalue weighted by Gasteiger charge is -2.21. The van der Waals surface area contributed by atoms with E-state index in [9.17, 15) is 19.7 Å². The highest BCUT2D eigenvalue weighted by atomic mass is 16.6. The molecule has 32 heavy (non-hydrogen) atoms. The number of hydrogen-bond donors (Lipinski definition) is 0. The average molecular weight is 437 g/mol. The minimum atomic E-state index is -0.498. The molecule has 0 radical (unpaired) electrons. The molecule has 0 aromatic heterocycles. The summed E-state index contributed by atoms with van der Waals surface area (Å²) in [5, 5.41) is 11.0. The van der Waals surface area contributed by atoms with Crippen molar-refractivity contribution in [3.05, 3.63) is 76.0 Å². The first kappa shape index (κ1) is 23.1. The average Bonchev–Trinajstić information content (AvgIpc) is 3.06. The summed E-state index contributed by atoms with van der Waals surface area (Å²) in [6.45, 7) is 3.45. The van der Waals surface area contributed by atoms with E-state index in [1.54, 1.807) is 11.9 Å². The van der Waals surface area contributed by atoms with Gasteiger partial charge in [0.15, 0.2) is 0 Å². The summed E-state index contributed by atoms with van der Waals surface area (Å²) in [5.74, 6) is -0.793. The maximum atomic E-state index is 13.3. The van der Waals surface area contributed by atoms with Crippen LogP contribution in [0.2, 0.25) is 0 Å². The minimum absolute atomic E-state index is 0.0785. The molecule has 1 heterocycles. The van der Waals surface area contributed by atoms with Crippen LogP contribution in [-0.4, -0.2) is 48.4 Å². The Hall–Kier alpha value is -3.52. The van der Waals surface area contributed by atoms with Gasteiger partial charge in [-0.2, -0.15) is 0 Å². The highest BCUT2D eigenvalue weighted by Crippen LogP contribution is 2.34. The van der Waals surface area contributed by atoms with Crippen LogP contribution in [0.4, 0.5) is 11.4 Å². The Kier molecular flexibility index (Phi) is 7.72. The molecule has 0 bridgehead atoms. The molecule has 8 nitrogen and oxygen atoms in total. The molecule has 0 saturated heterocycles. The molecule has 0 atom stereocenters. The van der Waals surface area contributed by atoms with Crippen LogP contribution in [0.5, 0.6) is 0 Å². The first-order chi connectivity index (χ1) is 15.5. The van der Waals surface area contributed by atoms with Crippen LogP contribution in [0.15, 0.2) is 60.3 Å². The first-order valence-corrected chi connectivity index (χ1v) is 10.7. The zero-order valence-corrected chi connectivity index (χ0v) is 18.3. The van der Waals surface area contributed by atoms with Crippen LogP contribution >= 0.6 is 0 Å². The Balaban J connectivity index is 1.89. The summed E-state index contributed by atoms with van der Waals surface area (Å²) >= 11 is 0. The molecule has 3 rings (SSSR count). The van der Waals surface area contributed by atoms with E-state index >= 15 is 0 Å². The predicted molar refractivity (Wildman–Crippen MR) is 122 cm³/mol. The fourth-order valence-corrected chi connectivity index (χ4v) is 3.54. The number of para-hydroxylation sites is 1. The predicted octanol–water partition coefficient (Wildman–Crippen LogP) is 4.02. The number of carbonyl (C=O) groups is 2. The van der Waals surface area contributed by atoms with Crippen LogP contribution in [0.1, 0.15) is 31.7 Å². The van der Waals surface area contributed by atoms with Gasteiger partial charge in [-0.25, -0.2) is 0 Å². The quantitative estimate of drug-likeness (QED) is 0.228. The monoisotopic (exact) mass is 437 g/mol. The first-order valence-electron chi connectivity index (χ1n) is 10.7. The second-order valence-corrected chi connectivity index (χ2v) is 7.50. The summed E-state index contributed by atoms with van der Waals surface area (Å²) in [5.41, 5.74) is 1.64. The van der Waals surface area contributed by atoms with E-state index in [4.69, 9.17) is 4.74 Å². The molecule has 1 aliphatic heterocycles. The van der Waals surface area contributed by atoms with E-state index in [0.29, 0.717) is 25.2 Å². The number of carbonyl (C=O) groups excluding carboxylic acids is 2. The molecular formula is C24H27N3O5. The number of nitro groups is 1. The van der Waals surface area contributed by atoms with E-state index in [1.807, 2.05) is 30.3 Å².